The number of carbonyl (C=O) groups excluding carboxylic acids is 2. The minimum atomic E-state index is -0.385. The highest BCUT2D eigenvalue weighted by Crippen LogP contribution is 2.24. The van der Waals surface area contributed by atoms with Gasteiger partial charge in [-0.2, -0.15) is 0 Å². The van der Waals surface area contributed by atoms with E-state index in [-0.39, 0.29) is 24.2 Å². The first-order valence-corrected chi connectivity index (χ1v) is 8.11. The largest absolute Gasteiger partial charge is 0.326 e. The van der Waals surface area contributed by atoms with Crippen LogP contribution >= 0.6 is 11.6 Å². The Morgan fingerprint density at radius 1 is 1.25 bits per heavy atom. The number of hydrazine groups is 1. The van der Waals surface area contributed by atoms with Crippen molar-refractivity contribution in [2.75, 3.05) is 16.9 Å². The summed E-state index contributed by atoms with van der Waals surface area (Å²) in [6.07, 6.45) is 0.126. The molecule has 3 rings (SSSR count). The molecule has 1 atom stereocenters. The molecule has 1 aliphatic rings. The molecule has 0 bridgehead atoms. The van der Waals surface area contributed by atoms with E-state index >= 15 is 0 Å². The van der Waals surface area contributed by atoms with Gasteiger partial charge in [0.05, 0.1) is 11.6 Å². The lowest BCUT2D eigenvalue weighted by Crippen LogP contribution is -2.34. The fourth-order valence-corrected chi connectivity index (χ4v) is 2.85. The van der Waals surface area contributed by atoms with Gasteiger partial charge in [0.2, 0.25) is 11.8 Å². The van der Waals surface area contributed by atoms with Crippen LogP contribution in [0.4, 0.5) is 11.4 Å². The maximum atomic E-state index is 12.5. The van der Waals surface area contributed by atoms with Crippen LogP contribution < -0.4 is 15.8 Å². The summed E-state index contributed by atoms with van der Waals surface area (Å²) in [5, 5.41) is 4.93. The zero-order chi connectivity index (χ0) is 17.1. The molecule has 5 nitrogen and oxygen atoms in total. The minimum absolute atomic E-state index is 0.0980. The van der Waals surface area contributed by atoms with Gasteiger partial charge in [0.15, 0.2) is 0 Å². The van der Waals surface area contributed by atoms with Gasteiger partial charge in [-0.3, -0.25) is 9.59 Å². The van der Waals surface area contributed by atoms with Gasteiger partial charge in [0, 0.05) is 23.7 Å². The maximum absolute atomic E-state index is 12.5. The van der Waals surface area contributed by atoms with Crippen LogP contribution in [0.15, 0.2) is 48.5 Å². The van der Waals surface area contributed by atoms with Gasteiger partial charge in [-0.1, -0.05) is 35.9 Å². The molecule has 2 amide bonds. The lowest BCUT2D eigenvalue weighted by atomic mass is 10.1. The first kappa shape index (κ1) is 16.5. The van der Waals surface area contributed by atoms with E-state index in [9.17, 15) is 9.59 Å². The first-order valence-electron chi connectivity index (χ1n) is 7.74. The zero-order valence-electron chi connectivity index (χ0n) is 13.3. The van der Waals surface area contributed by atoms with Gasteiger partial charge < -0.3 is 5.32 Å². The summed E-state index contributed by atoms with van der Waals surface area (Å²) in [7, 11) is 0. The molecule has 0 aromatic heterocycles. The Labute approximate surface area is 145 Å². The molecule has 1 aliphatic heterocycles. The number of halogens is 1. The third-order valence-electron chi connectivity index (χ3n) is 4.05. The highest BCUT2D eigenvalue weighted by molar-refractivity contribution is 6.31. The van der Waals surface area contributed by atoms with E-state index in [1.165, 1.54) is 5.01 Å². The van der Waals surface area contributed by atoms with Crippen LogP contribution in [0.1, 0.15) is 12.0 Å². The van der Waals surface area contributed by atoms with Crippen LogP contribution in [0.25, 0.3) is 0 Å². The Morgan fingerprint density at radius 3 is 2.75 bits per heavy atom. The monoisotopic (exact) mass is 343 g/mol. The SMILES string of the molecule is Cc1c(Cl)cccc1NC(=O)CC1CNN(c2ccccc2)C1=O. The molecule has 1 fully saturated rings. The first-order chi connectivity index (χ1) is 11.6. The molecule has 124 valence electrons. The Bertz CT molecular complexity index is 764. The molecule has 1 heterocycles. The average Bonchev–Trinajstić information content (AvgIpc) is 2.93. The molecular formula is C18H18ClN3O2. The number of amides is 2. The summed E-state index contributed by atoms with van der Waals surface area (Å²) in [5.74, 6) is -0.681. The number of anilines is 2. The third kappa shape index (κ3) is 3.42. The molecule has 0 radical (unpaired) electrons. The molecular weight excluding hydrogens is 326 g/mol. The standard InChI is InChI=1S/C18H18ClN3O2/c1-12-15(19)8-5-9-16(12)21-17(23)10-13-11-20-22(18(13)24)14-6-3-2-4-7-14/h2-9,13,20H,10-11H2,1H3,(H,21,23). The highest BCUT2D eigenvalue weighted by Gasteiger charge is 2.33. The van der Waals surface area contributed by atoms with E-state index < -0.39 is 0 Å². The van der Waals surface area contributed by atoms with Crippen molar-refractivity contribution in [1.82, 2.24) is 5.43 Å². The van der Waals surface area contributed by atoms with E-state index in [0.717, 1.165) is 11.3 Å². The van der Waals surface area contributed by atoms with Gasteiger partial charge in [-0.05, 0) is 36.8 Å². The molecule has 1 unspecified atom stereocenters. The number of carbonyl (C=O) groups is 2. The molecule has 2 N–H and O–H groups in total. The second-order valence-corrected chi connectivity index (χ2v) is 6.14. The molecule has 0 saturated carbocycles. The molecule has 2 aromatic rings. The van der Waals surface area contributed by atoms with E-state index in [1.54, 1.807) is 18.2 Å². The smallest absolute Gasteiger partial charge is 0.246 e. The minimum Gasteiger partial charge on any atom is -0.326 e. The Kier molecular flexibility index (Phi) is 4.83. The van der Waals surface area contributed by atoms with Crippen molar-refractivity contribution in [1.29, 1.82) is 0 Å². The van der Waals surface area contributed by atoms with Crippen LogP contribution in [0.2, 0.25) is 5.02 Å². The predicted octanol–water partition coefficient (Wildman–Crippen LogP) is 3.14. The fourth-order valence-electron chi connectivity index (χ4n) is 2.67. The average molecular weight is 344 g/mol. The van der Waals surface area contributed by atoms with E-state index in [2.05, 4.69) is 10.7 Å². The summed E-state index contributed by atoms with van der Waals surface area (Å²) in [4.78, 5) is 24.7. The van der Waals surface area contributed by atoms with Crippen molar-refractivity contribution in [2.24, 2.45) is 5.92 Å². The van der Waals surface area contributed by atoms with Crippen molar-refractivity contribution >= 4 is 34.8 Å². The Morgan fingerprint density at radius 2 is 2.00 bits per heavy atom. The Hall–Kier alpha value is -2.37. The van der Waals surface area contributed by atoms with E-state index in [1.807, 2.05) is 37.3 Å². The summed E-state index contributed by atoms with van der Waals surface area (Å²) in [6, 6.07) is 14.7. The van der Waals surface area contributed by atoms with E-state index in [0.29, 0.717) is 17.3 Å². The zero-order valence-corrected chi connectivity index (χ0v) is 14.0. The lowest BCUT2D eigenvalue weighted by Gasteiger charge is -2.16. The van der Waals surface area contributed by atoms with Gasteiger partial charge in [-0.25, -0.2) is 10.4 Å². The van der Waals surface area contributed by atoms with Crippen molar-refractivity contribution in [3.05, 3.63) is 59.1 Å². The second-order valence-electron chi connectivity index (χ2n) is 5.73. The number of hydrogen-bond donors (Lipinski definition) is 2. The van der Waals surface area contributed by atoms with Gasteiger partial charge in [-0.15, -0.1) is 0 Å². The Balaban J connectivity index is 1.63. The highest BCUT2D eigenvalue weighted by atomic mass is 35.5. The molecule has 0 aliphatic carbocycles. The van der Waals surface area contributed by atoms with Crippen LogP contribution in [0.5, 0.6) is 0 Å². The molecule has 0 spiro atoms. The van der Waals surface area contributed by atoms with Crippen molar-refractivity contribution in [3.63, 3.8) is 0 Å². The maximum Gasteiger partial charge on any atom is 0.246 e. The van der Waals surface area contributed by atoms with Crippen molar-refractivity contribution in [3.8, 4) is 0 Å². The molecule has 6 heteroatoms. The number of hydrogen-bond acceptors (Lipinski definition) is 3. The molecule has 2 aromatic carbocycles. The fraction of sp³-hybridized carbons (Fsp3) is 0.222. The normalized spacial score (nSPS) is 17.2. The number of nitrogens with zero attached hydrogens (tertiary/aromatic N) is 1. The van der Waals surface area contributed by atoms with Gasteiger partial charge >= 0.3 is 0 Å². The number of para-hydroxylation sites is 1. The van der Waals surface area contributed by atoms with Crippen LogP contribution in [-0.2, 0) is 9.59 Å². The molecule has 1 saturated heterocycles. The topological polar surface area (TPSA) is 61.4 Å². The molecule has 24 heavy (non-hydrogen) atoms. The summed E-state index contributed by atoms with van der Waals surface area (Å²) in [5.41, 5.74) is 5.31. The van der Waals surface area contributed by atoms with Crippen LogP contribution in [0, 0.1) is 12.8 Å². The van der Waals surface area contributed by atoms with E-state index in [4.69, 9.17) is 11.6 Å². The van der Waals surface area contributed by atoms with Crippen molar-refractivity contribution < 1.29 is 9.59 Å². The second kappa shape index (κ2) is 7.03. The quantitative estimate of drug-likeness (QED) is 0.896. The van der Waals surface area contributed by atoms with Gasteiger partial charge in [0.1, 0.15) is 0 Å². The third-order valence-corrected chi connectivity index (χ3v) is 4.46. The van der Waals surface area contributed by atoms with Gasteiger partial charge in [0.25, 0.3) is 0 Å². The summed E-state index contributed by atoms with van der Waals surface area (Å²) < 4.78 is 0. The van der Waals surface area contributed by atoms with Crippen LogP contribution in [-0.4, -0.2) is 18.4 Å². The predicted molar refractivity (Wildman–Crippen MR) is 94.9 cm³/mol. The summed E-state index contributed by atoms with van der Waals surface area (Å²) >= 11 is 6.06. The van der Waals surface area contributed by atoms with Crippen LogP contribution in [0.3, 0.4) is 0 Å². The number of rotatable bonds is 4. The van der Waals surface area contributed by atoms with Crippen molar-refractivity contribution in [2.45, 2.75) is 13.3 Å². The lowest BCUT2D eigenvalue weighted by molar-refractivity contribution is -0.124. The summed E-state index contributed by atoms with van der Waals surface area (Å²) in [6.45, 7) is 2.28. The number of benzene rings is 2. The number of nitrogens with one attached hydrogen (secondary N) is 2.